The zero-order valence-corrected chi connectivity index (χ0v) is 8.04. The van der Waals surface area contributed by atoms with Gasteiger partial charge in [-0.15, -0.1) is 6.58 Å². The Bertz CT molecular complexity index is 401. The Morgan fingerprint density at radius 2 is 1.31 bits per heavy atom. The molecule has 0 radical (unpaired) electrons. The van der Waals surface area contributed by atoms with Gasteiger partial charge in [-0.25, -0.2) is 22.0 Å². The van der Waals surface area contributed by atoms with Crippen molar-refractivity contribution in [1.82, 2.24) is 0 Å². The van der Waals surface area contributed by atoms with Crippen LogP contribution in [0.2, 0.25) is 0 Å². The maximum Gasteiger partial charge on any atom is 0.200 e. The lowest BCUT2D eigenvalue weighted by Gasteiger charge is -2.13. The van der Waals surface area contributed by atoms with E-state index in [1.807, 2.05) is 0 Å². The van der Waals surface area contributed by atoms with Crippen LogP contribution in [0.3, 0.4) is 0 Å². The molecule has 1 nitrogen and oxygen atoms in total. The van der Waals surface area contributed by atoms with E-state index in [0.717, 1.165) is 0 Å². The minimum absolute atomic E-state index is 0.0989. The molecule has 0 aliphatic carbocycles. The lowest BCUT2D eigenvalue weighted by atomic mass is 10.0. The molecule has 1 unspecified atom stereocenters. The van der Waals surface area contributed by atoms with Crippen molar-refractivity contribution < 1.29 is 22.0 Å². The predicted octanol–water partition coefficient (Wildman–Crippen LogP) is 2.96. The van der Waals surface area contributed by atoms with Crippen LogP contribution in [0.5, 0.6) is 0 Å². The summed E-state index contributed by atoms with van der Waals surface area (Å²) in [6, 6.07) is -1.32. The normalized spacial score (nSPS) is 12.6. The van der Waals surface area contributed by atoms with Crippen molar-refractivity contribution in [1.29, 1.82) is 0 Å². The Balaban J connectivity index is 3.44. The first-order valence-electron chi connectivity index (χ1n) is 4.29. The third kappa shape index (κ3) is 1.92. The SMILES string of the molecule is C=CCC(N)c1c(F)c(F)c(F)c(F)c1F. The summed E-state index contributed by atoms with van der Waals surface area (Å²) in [5.74, 6) is -9.97. The van der Waals surface area contributed by atoms with Crippen LogP contribution < -0.4 is 5.73 Å². The van der Waals surface area contributed by atoms with Gasteiger partial charge in [0.15, 0.2) is 23.3 Å². The highest BCUT2D eigenvalue weighted by Gasteiger charge is 2.28. The fourth-order valence-electron chi connectivity index (χ4n) is 1.24. The third-order valence-corrected chi connectivity index (χ3v) is 2.04. The molecule has 0 aliphatic heterocycles. The van der Waals surface area contributed by atoms with Crippen molar-refractivity contribution in [3.8, 4) is 0 Å². The van der Waals surface area contributed by atoms with E-state index >= 15 is 0 Å². The van der Waals surface area contributed by atoms with Gasteiger partial charge in [-0.05, 0) is 6.42 Å². The molecule has 0 spiro atoms. The molecule has 1 rings (SSSR count). The van der Waals surface area contributed by atoms with Gasteiger partial charge >= 0.3 is 0 Å². The molecule has 88 valence electrons. The second-order valence-corrected chi connectivity index (χ2v) is 3.11. The molecule has 1 atom stereocenters. The Hall–Kier alpha value is -1.43. The molecule has 0 amide bonds. The molecule has 0 saturated heterocycles. The number of hydrogen-bond donors (Lipinski definition) is 1. The number of halogens is 5. The van der Waals surface area contributed by atoms with Gasteiger partial charge in [-0.3, -0.25) is 0 Å². The maximum atomic E-state index is 13.1. The summed E-state index contributed by atoms with van der Waals surface area (Å²) in [4.78, 5) is 0. The van der Waals surface area contributed by atoms with Gasteiger partial charge < -0.3 is 5.73 Å². The maximum absolute atomic E-state index is 13.1. The quantitative estimate of drug-likeness (QED) is 0.372. The molecule has 0 aliphatic rings. The largest absolute Gasteiger partial charge is 0.324 e. The first kappa shape index (κ1) is 12.6. The third-order valence-electron chi connectivity index (χ3n) is 2.04. The first-order chi connectivity index (χ1) is 7.41. The smallest absolute Gasteiger partial charge is 0.200 e. The highest BCUT2D eigenvalue weighted by molar-refractivity contribution is 5.27. The molecule has 0 saturated carbocycles. The average molecular weight is 237 g/mol. The van der Waals surface area contributed by atoms with Crippen molar-refractivity contribution >= 4 is 0 Å². The summed E-state index contributed by atoms with van der Waals surface area (Å²) in [5, 5.41) is 0. The number of benzene rings is 1. The lowest BCUT2D eigenvalue weighted by molar-refractivity contribution is 0.364. The van der Waals surface area contributed by atoms with E-state index in [9.17, 15) is 22.0 Å². The fraction of sp³-hybridized carbons (Fsp3) is 0.200. The van der Waals surface area contributed by atoms with Crippen LogP contribution in [-0.4, -0.2) is 0 Å². The van der Waals surface area contributed by atoms with Crippen molar-refractivity contribution in [2.75, 3.05) is 0 Å². The number of rotatable bonds is 3. The van der Waals surface area contributed by atoms with Crippen LogP contribution in [0.15, 0.2) is 12.7 Å². The Morgan fingerprint density at radius 3 is 1.69 bits per heavy atom. The summed E-state index contributed by atoms with van der Waals surface area (Å²) in [7, 11) is 0. The molecule has 1 aromatic carbocycles. The van der Waals surface area contributed by atoms with Crippen molar-refractivity contribution in [2.45, 2.75) is 12.5 Å². The molecule has 1 aromatic rings. The molecular weight excluding hydrogens is 229 g/mol. The average Bonchev–Trinajstić information content (AvgIpc) is 2.24. The highest BCUT2D eigenvalue weighted by Crippen LogP contribution is 2.28. The van der Waals surface area contributed by atoms with Gasteiger partial charge in [0, 0.05) is 11.6 Å². The standard InChI is InChI=1S/C10H8F5N/c1-2-3-4(16)5-6(11)8(13)10(15)9(14)7(5)12/h2,4H,1,3,16H2. The van der Waals surface area contributed by atoms with Gasteiger partial charge in [0.25, 0.3) is 0 Å². The molecule has 2 N–H and O–H groups in total. The predicted molar refractivity (Wildman–Crippen MR) is 48.0 cm³/mol. The molecule has 0 heterocycles. The fourth-order valence-corrected chi connectivity index (χ4v) is 1.24. The molecule has 0 aromatic heterocycles. The molecule has 0 bridgehead atoms. The summed E-state index contributed by atoms with van der Waals surface area (Å²) in [5.41, 5.74) is 4.27. The van der Waals surface area contributed by atoms with Crippen LogP contribution in [0.1, 0.15) is 18.0 Å². The minimum atomic E-state index is -2.19. The van der Waals surface area contributed by atoms with E-state index in [4.69, 9.17) is 5.73 Å². The topological polar surface area (TPSA) is 26.0 Å². The van der Waals surface area contributed by atoms with Gasteiger partial charge in [-0.2, -0.15) is 0 Å². The van der Waals surface area contributed by atoms with Crippen LogP contribution in [0.25, 0.3) is 0 Å². The summed E-state index contributed by atoms with van der Waals surface area (Å²) in [6.07, 6.45) is 1.13. The van der Waals surface area contributed by atoms with Crippen LogP contribution >= 0.6 is 0 Å². The monoisotopic (exact) mass is 237 g/mol. The molecule has 16 heavy (non-hydrogen) atoms. The minimum Gasteiger partial charge on any atom is -0.324 e. The van der Waals surface area contributed by atoms with Gasteiger partial charge in [0.05, 0.1) is 0 Å². The van der Waals surface area contributed by atoms with E-state index in [1.165, 1.54) is 6.08 Å². The Kier molecular flexibility index (Phi) is 3.64. The Labute approximate surface area is 88.4 Å². The van der Waals surface area contributed by atoms with Crippen LogP contribution in [-0.2, 0) is 0 Å². The van der Waals surface area contributed by atoms with Gasteiger partial charge in [0.2, 0.25) is 5.82 Å². The van der Waals surface area contributed by atoms with Crippen LogP contribution in [0, 0.1) is 29.1 Å². The Morgan fingerprint density at radius 1 is 0.938 bits per heavy atom. The zero-order valence-electron chi connectivity index (χ0n) is 8.04. The van der Waals surface area contributed by atoms with E-state index in [2.05, 4.69) is 6.58 Å². The molecule has 6 heteroatoms. The highest BCUT2D eigenvalue weighted by atomic mass is 19.2. The lowest BCUT2D eigenvalue weighted by Crippen LogP contribution is -2.17. The first-order valence-corrected chi connectivity index (χ1v) is 4.29. The molecule has 0 fully saturated rings. The van der Waals surface area contributed by atoms with E-state index in [1.54, 1.807) is 0 Å². The summed E-state index contributed by atoms with van der Waals surface area (Å²) < 4.78 is 64.5. The van der Waals surface area contributed by atoms with Crippen molar-refractivity contribution in [3.63, 3.8) is 0 Å². The van der Waals surface area contributed by atoms with Gasteiger partial charge in [-0.1, -0.05) is 6.08 Å². The summed E-state index contributed by atoms with van der Waals surface area (Å²) >= 11 is 0. The van der Waals surface area contributed by atoms with Crippen molar-refractivity contribution in [2.24, 2.45) is 5.73 Å². The zero-order chi connectivity index (χ0) is 12.5. The van der Waals surface area contributed by atoms with Crippen molar-refractivity contribution in [3.05, 3.63) is 47.3 Å². The number of nitrogens with two attached hydrogens (primary N) is 1. The van der Waals surface area contributed by atoms with E-state index < -0.39 is 40.7 Å². The van der Waals surface area contributed by atoms with Crippen LogP contribution in [0.4, 0.5) is 22.0 Å². The van der Waals surface area contributed by atoms with Gasteiger partial charge in [0.1, 0.15) is 0 Å². The molecular formula is C10H8F5N. The van der Waals surface area contributed by atoms with E-state index in [0.29, 0.717) is 0 Å². The second-order valence-electron chi connectivity index (χ2n) is 3.11. The second kappa shape index (κ2) is 4.61. The summed E-state index contributed by atoms with van der Waals surface area (Å²) in [6.45, 7) is 3.26. The van der Waals surface area contributed by atoms with E-state index in [-0.39, 0.29) is 6.42 Å². The number of hydrogen-bond acceptors (Lipinski definition) is 1.